The van der Waals surface area contributed by atoms with Crippen molar-refractivity contribution in [1.29, 1.82) is 0 Å². The third kappa shape index (κ3) is 2.99. The predicted octanol–water partition coefficient (Wildman–Crippen LogP) is 4.33. The molecule has 1 amide bonds. The molecule has 1 aliphatic rings. The molecular weight excluding hydrogens is 348 g/mol. The maximum atomic E-state index is 12.4. The van der Waals surface area contributed by atoms with Gasteiger partial charge in [0.05, 0.1) is 5.69 Å². The summed E-state index contributed by atoms with van der Waals surface area (Å²) in [6, 6.07) is 5.89. The van der Waals surface area contributed by atoms with Gasteiger partial charge in [0.1, 0.15) is 4.88 Å². The third-order valence-electron chi connectivity index (χ3n) is 3.84. The fourth-order valence-electron chi connectivity index (χ4n) is 2.66. The Balaban J connectivity index is 1.77. The van der Waals surface area contributed by atoms with Gasteiger partial charge in [-0.05, 0) is 37.3 Å². The van der Waals surface area contributed by atoms with Gasteiger partial charge in [-0.2, -0.15) is 0 Å². The van der Waals surface area contributed by atoms with Crippen LogP contribution >= 0.6 is 27.3 Å². The molecule has 1 atom stereocenters. The molecule has 0 aliphatic heterocycles. The first-order chi connectivity index (χ1) is 10.2. The number of fused-ring (bicyclic) bond motifs is 1. The minimum atomic E-state index is -0.0600. The number of carbonyl (C=O) groups is 1. The number of halogens is 1. The standard InChI is InChI=1S/C16H17BrN2OS/c17-11-7-4-8-12-13(11)14(18)15(21-12)16(20)19-9-10-5-2-1-3-6-10/h1-2,4,7-8,10H,3,5-6,9,18H2,(H,19,20). The van der Waals surface area contributed by atoms with Gasteiger partial charge in [0.15, 0.2) is 0 Å². The highest BCUT2D eigenvalue weighted by Crippen LogP contribution is 2.38. The highest BCUT2D eigenvalue weighted by molar-refractivity contribution is 9.10. The molecule has 0 bridgehead atoms. The van der Waals surface area contributed by atoms with Crippen LogP contribution in [0.15, 0.2) is 34.8 Å². The average Bonchev–Trinajstić information content (AvgIpc) is 2.84. The van der Waals surface area contributed by atoms with Gasteiger partial charge in [0.25, 0.3) is 5.91 Å². The van der Waals surface area contributed by atoms with Crippen LogP contribution in [0.5, 0.6) is 0 Å². The molecule has 0 saturated carbocycles. The number of nitrogens with one attached hydrogen (secondary N) is 1. The molecule has 21 heavy (non-hydrogen) atoms. The van der Waals surface area contributed by atoms with Crippen molar-refractivity contribution in [1.82, 2.24) is 5.32 Å². The lowest BCUT2D eigenvalue weighted by Gasteiger charge is -2.17. The van der Waals surface area contributed by atoms with Gasteiger partial charge in [-0.1, -0.05) is 34.1 Å². The first kappa shape index (κ1) is 14.6. The smallest absolute Gasteiger partial charge is 0.263 e. The van der Waals surface area contributed by atoms with E-state index in [1.807, 2.05) is 18.2 Å². The molecule has 3 N–H and O–H groups in total. The Morgan fingerprint density at radius 3 is 3.00 bits per heavy atom. The number of nitrogen functional groups attached to an aromatic ring is 1. The van der Waals surface area contributed by atoms with E-state index in [2.05, 4.69) is 33.4 Å². The number of thiophene rings is 1. The number of allylic oxidation sites excluding steroid dienone is 2. The van der Waals surface area contributed by atoms with Crippen LogP contribution < -0.4 is 11.1 Å². The van der Waals surface area contributed by atoms with Crippen molar-refractivity contribution in [3.8, 4) is 0 Å². The Kier molecular flexibility index (Phi) is 4.31. The lowest BCUT2D eigenvalue weighted by Crippen LogP contribution is -2.29. The highest BCUT2D eigenvalue weighted by atomic mass is 79.9. The topological polar surface area (TPSA) is 55.1 Å². The van der Waals surface area contributed by atoms with E-state index < -0.39 is 0 Å². The first-order valence-corrected chi connectivity index (χ1v) is 8.67. The maximum absolute atomic E-state index is 12.4. The van der Waals surface area contributed by atoms with Crippen LogP contribution in [0.25, 0.3) is 10.1 Å². The molecule has 0 radical (unpaired) electrons. The monoisotopic (exact) mass is 364 g/mol. The minimum absolute atomic E-state index is 0.0600. The summed E-state index contributed by atoms with van der Waals surface area (Å²) in [6.45, 7) is 0.720. The van der Waals surface area contributed by atoms with Gasteiger partial charge in [-0.3, -0.25) is 4.79 Å². The molecule has 1 heterocycles. The lowest BCUT2D eigenvalue weighted by atomic mass is 9.94. The van der Waals surface area contributed by atoms with Crippen molar-refractivity contribution in [2.75, 3.05) is 12.3 Å². The second-order valence-corrected chi connectivity index (χ2v) is 7.22. The molecule has 1 aromatic carbocycles. The molecule has 0 fully saturated rings. The molecule has 5 heteroatoms. The highest BCUT2D eigenvalue weighted by Gasteiger charge is 2.19. The molecule has 110 valence electrons. The number of hydrogen-bond donors (Lipinski definition) is 2. The molecular formula is C16H17BrN2OS. The molecule has 0 saturated heterocycles. The van der Waals surface area contributed by atoms with Crippen molar-refractivity contribution in [2.45, 2.75) is 19.3 Å². The zero-order valence-electron chi connectivity index (χ0n) is 11.6. The molecule has 1 aliphatic carbocycles. The van der Waals surface area contributed by atoms with Crippen molar-refractivity contribution in [3.05, 3.63) is 39.7 Å². The molecule has 0 spiro atoms. The fourth-order valence-corrected chi connectivity index (χ4v) is 4.43. The van der Waals surface area contributed by atoms with E-state index in [1.165, 1.54) is 11.3 Å². The van der Waals surface area contributed by atoms with Crippen molar-refractivity contribution < 1.29 is 4.79 Å². The number of amides is 1. The van der Waals surface area contributed by atoms with Gasteiger partial charge in [0.2, 0.25) is 0 Å². The Morgan fingerprint density at radius 1 is 1.43 bits per heavy atom. The number of carbonyl (C=O) groups excluding carboxylic acids is 1. The van der Waals surface area contributed by atoms with E-state index >= 15 is 0 Å². The molecule has 3 rings (SSSR count). The molecule has 1 unspecified atom stereocenters. The van der Waals surface area contributed by atoms with Crippen molar-refractivity contribution in [2.24, 2.45) is 5.92 Å². The molecule has 2 aromatic rings. The van der Waals surface area contributed by atoms with E-state index in [0.29, 0.717) is 16.5 Å². The first-order valence-electron chi connectivity index (χ1n) is 7.06. The average molecular weight is 365 g/mol. The van der Waals surface area contributed by atoms with Crippen LogP contribution in [-0.2, 0) is 0 Å². The molecule has 1 aromatic heterocycles. The number of hydrogen-bond acceptors (Lipinski definition) is 3. The Hall–Kier alpha value is -1.33. The Labute approximate surface area is 136 Å². The summed E-state index contributed by atoms with van der Waals surface area (Å²) >= 11 is 4.95. The lowest BCUT2D eigenvalue weighted by molar-refractivity contribution is 0.0951. The summed E-state index contributed by atoms with van der Waals surface area (Å²) in [5.74, 6) is 0.483. The van der Waals surface area contributed by atoms with Gasteiger partial charge >= 0.3 is 0 Å². The number of anilines is 1. The summed E-state index contributed by atoms with van der Waals surface area (Å²) in [4.78, 5) is 13.0. The van der Waals surface area contributed by atoms with E-state index in [1.54, 1.807) is 0 Å². The van der Waals surface area contributed by atoms with Crippen LogP contribution in [0.2, 0.25) is 0 Å². The van der Waals surface area contributed by atoms with Crippen LogP contribution in [0.4, 0.5) is 5.69 Å². The zero-order chi connectivity index (χ0) is 14.8. The van der Waals surface area contributed by atoms with E-state index in [9.17, 15) is 4.79 Å². The van der Waals surface area contributed by atoms with Gasteiger partial charge in [0, 0.05) is 21.1 Å². The van der Waals surface area contributed by atoms with Gasteiger partial charge in [-0.25, -0.2) is 0 Å². The van der Waals surface area contributed by atoms with Gasteiger partial charge < -0.3 is 11.1 Å². The normalized spacial score (nSPS) is 18.0. The summed E-state index contributed by atoms with van der Waals surface area (Å²) in [5.41, 5.74) is 6.73. The van der Waals surface area contributed by atoms with Crippen molar-refractivity contribution in [3.63, 3.8) is 0 Å². The third-order valence-corrected chi connectivity index (χ3v) is 5.67. The largest absolute Gasteiger partial charge is 0.397 e. The van der Waals surface area contributed by atoms with Crippen LogP contribution in [-0.4, -0.2) is 12.5 Å². The van der Waals surface area contributed by atoms with Crippen LogP contribution in [0.3, 0.4) is 0 Å². The Morgan fingerprint density at radius 2 is 2.29 bits per heavy atom. The number of benzene rings is 1. The number of nitrogens with two attached hydrogens (primary N) is 1. The summed E-state index contributed by atoms with van der Waals surface area (Å²) in [6.07, 6.45) is 7.71. The summed E-state index contributed by atoms with van der Waals surface area (Å²) < 4.78 is 1.97. The maximum Gasteiger partial charge on any atom is 0.263 e. The van der Waals surface area contributed by atoms with Crippen LogP contribution in [0, 0.1) is 5.92 Å². The second-order valence-electron chi connectivity index (χ2n) is 5.32. The molecule has 3 nitrogen and oxygen atoms in total. The number of rotatable bonds is 3. The van der Waals surface area contributed by atoms with E-state index in [-0.39, 0.29) is 5.91 Å². The van der Waals surface area contributed by atoms with E-state index in [4.69, 9.17) is 5.73 Å². The minimum Gasteiger partial charge on any atom is -0.397 e. The second kappa shape index (κ2) is 6.20. The summed E-state index contributed by atoms with van der Waals surface area (Å²) in [5, 5.41) is 3.97. The van der Waals surface area contributed by atoms with Gasteiger partial charge in [-0.15, -0.1) is 11.3 Å². The zero-order valence-corrected chi connectivity index (χ0v) is 14.0. The van der Waals surface area contributed by atoms with Crippen molar-refractivity contribution >= 4 is 48.9 Å². The van der Waals surface area contributed by atoms with Crippen LogP contribution in [0.1, 0.15) is 28.9 Å². The quantitative estimate of drug-likeness (QED) is 0.796. The predicted molar refractivity (Wildman–Crippen MR) is 92.8 cm³/mol. The Bertz CT molecular complexity index is 708. The van der Waals surface area contributed by atoms with E-state index in [0.717, 1.165) is 40.4 Å². The SMILES string of the molecule is Nc1c(C(=O)NCC2CC=CCC2)sc2cccc(Br)c12. The summed E-state index contributed by atoms with van der Waals surface area (Å²) in [7, 11) is 0. The fraction of sp³-hybridized carbons (Fsp3) is 0.312.